The van der Waals surface area contributed by atoms with E-state index in [4.69, 9.17) is 0 Å². The van der Waals surface area contributed by atoms with Crippen molar-refractivity contribution in [3.05, 3.63) is 28.2 Å². The van der Waals surface area contributed by atoms with Gasteiger partial charge in [-0.15, -0.1) is 0 Å². The van der Waals surface area contributed by atoms with E-state index in [0.29, 0.717) is 4.47 Å². The quantitative estimate of drug-likeness (QED) is 0.832. The van der Waals surface area contributed by atoms with Crippen LogP contribution in [-0.4, -0.2) is 24.1 Å². The average Bonchev–Trinajstić information content (AvgIpc) is 2.27. The Labute approximate surface area is 110 Å². The van der Waals surface area contributed by atoms with Gasteiger partial charge in [0.25, 0.3) is 0 Å². The van der Waals surface area contributed by atoms with Crippen molar-refractivity contribution in [2.45, 2.75) is 25.4 Å². The van der Waals surface area contributed by atoms with Gasteiger partial charge in [0.2, 0.25) is 0 Å². The minimum absolute atomic E-state index is 0.0477. The van der Waals surface area contributed by atoms with Gasteiger partial charge in [0.05, 0.1) is 6.10 Å². The SMILES string of the molecule is C[C@@H](O)c1cc(Br)ccc1OCC(F)(F)C(F)F. The number of ether oxygens (including phenoxy) is 1. The summed E-state index contributed by atoms with van der Waals surface area (Å²) in [4.78, 5) is 0. The topological polar surface area (TPSA) is 29.5 Å². The second-order valence-corrected chi connectivity index (χ2v) is 4.62. The third kappa shape index (κ3) is 3.84. The highest BCUT2D eigenvalue weighted by molar-refractivity contribution is 9.10. The third-order valence-corrected chi connectivity index (χ3v) is 2.65. The first kappa shape index (κ1) is 15.2. The molecule has 0 aromatic heterocycles. The summed E-state index contributed by atoms with van der Waals surface area (Å²) in [6, 6.07) is 4.30. The minimum atomic E-state index is -4.22. The van der Waals surface area contributed by atoms with Gasteiger partial charge in [-0.25, -0.2) is 8.78 Å². The van der Waals surface area contributed by atoms with Crippen molar-refractivity contribution in [2.75, 3.05) is 6.61 Å². The lowest BCUT2D eigenvalue weighted by molar-refractivity contribution is -0.148. The molecule has 0 saturated carbocycles. The lowest BCUT2D eigenvalue weighted by Gasteiger charge is -2.18. The summed E-state index contributed by atoms with van der Waals surface area (Å²) in [6.07, 6.45) is -4.75. The van der Waals surface area contributed by atoms with Crippen LogP contribution >= 0.6 is 15.9 Å². The summed E-state index contributed by atoms with van der Waals surface area (Å²) in [5.41, 5.74) is 0.245. The molecule has 2 nitrogen and oxygen atoms in total. The molecule has 0 aliphatic heterocycles. The fraction of sp³-hybridized carbons (Fsp3) is 0.455. The zero-order valence-corrected chi connectivity index (χ0v) is 10.9. The van der Waals surface area contributed by atoms with Crippen molar-refractivity contribution in [1.82, 2.24) is 0 Å². The van der Waals surface area contributed by atoms with Gasteiger partial charge in [0.1, 0.15) is 5.75 Å². The maximum absolute atomic E-state index is 12.7. The van der Waals surface area contributed by atoms with E-state index in [0.717, 1.165) is 0 Å². The molecule has 0 amide bonds. The molecule has 102 valence electrons. The van der Waals surface area contributed by atoms with Crippen LogP contribution in [0.2, 0.25) is 0 Å². The van der Waals surface area contributed by atoms with Crippen LogP contribution in [0.5, 0.6) is 5.75 Å². The van der Waals surface area contributed by atoms with Crippen LogP contribution in [-0.2, 0) is 0 Å². The third-order valence-electron chi connectivity index (χ3n) is 2.16. The van der Waals surface area contributed by atoms with Crippen molar-refractivity contribution in [1.29, 1.82) is 0 Å². The van der Waals surface area contributed by atoms with Crippen molar-refractivity contribution >= 4 is 15.9 Å². The maximum Gasteiger partial charge on any atom is 0.340 e. The molecule has 0 radical (unpaired) electrons. The monoisotopic (exact) mass is 330 g/mol. The van der Waals surface area contributed by atoms with Crippen LogP contribution in [0.15, 0.2) is 22.7 Å². The molecule has 0 bridgehead atoms. The fourth-order valence-corrected chi connectivity index (χ4v) is 1.59. The Kier molecular flexibility index (Phi) is 4.98. The summed E-state index contributed by atoms with van der Waals surface area (Å²) in [5.74, 6) is -4.27. The average molecular weight is 331 g/mol. The van der Waals surface area contributed by atoms with Crippen LogP contribution in [0.1, 0.15) is 18.6 Å². The molecule has 0 saturated heterocycles. The number of alkyl halides is 4. The van der Waals surface area contributed by atoms with Gasteiger partial charge in [-0.05, 0) is 25.1 Å². The first-order valence-electron chi connectivity index (χ1n) is 5.00. The van der Waals surface area contributed by atoms with E-state index in [9.17, 15) is 22.7 Å². The van der Waals surface area contributed by atoms with Crippen LogP contribution in [0.4, 0.5) is 17.6 Å². The molecule has 1 N–H and O–H groups in total. The van der Waals surface area contributed by atoms with Crippen LogP contribution in [0, 0.1) is 0 Å². The Hall–Kier alpha value is -0.820. The van der Waals surface area contributed by atoms with Crippen molar-refractivity contribution in [3.63, 3.8) is 0 Å². The minimum Gasteiger partial charge on any atom is -0.487 e. The number of aliphatic hydroxyl groups excluding tert-OH is 1. The second-order valence-electron chi connectivity index (χ2n) is 3.71. The molecule has 0 aliphatic rings. The molecule has 0 unspecified atom stereocenters. The molecule has 1 aromatic carbocycles. The van der Waals surface area contributed by atoms with Crippen molar-refractivity contribution in [2.24, 2.45) is 0 Å². The van der Waals surface area contributed by atoms with Gasteiger partial charge < -0.3 is 9.84 Å². The summed E-state index contributed by atoms with van der Waals surface area (Å²) in [6.45, 7) is -0.0219. The van der Waals surface area contributed by atoms with Gasteiger partial charge in [-0.2, -0.15) is 8.78 Å². The molecule has 0 aliphatic carbocycles. The predicted octanol–water partition coefficient (Wildman–Crippen LogP) is 3.78. The molecule has 1 aromatic rings. The Bertz CT molecular complexity index is 410. The van der Waals surface area contributed by atoms with Crippen molar-refractivity contribution < 1.29 is 27.4 Å². The molecule has 0 fully saturated rings. The largest absolute Gasteiger partial charge is 0.487 e. The maximum atomic E-state index is 12.7. The Morgan fingerprint density at radius 1 is 1.39 bits per heavy atom. The molecular weight excluding hydrogens is 320 g/mol. The first-order chi connectivity index (χ1) is 8.24. The zero-order valence-electron chi connectivity index (χ0n) is 9.34. The molecule has 1 atom stereocenters. The normalized spacial score (nSPS) is 13.8. The number of aliphatic hydroxyl groups is 1. The molecule has 0 heterocycles. The van der Waals surface area contributed by atoms with E-state index in [1.54, 1.807) is 0 Å². The van der Waals surface area contributed by atoms with Gasteiger partial charge in [0.15, 0.2) is 6.61 Å². The summed E-state index contributed by atoms with van der Waals surface area (Å²) in [5, 5.41) is 9.43. The van der Waals surface area contributed by atoms with E-state index in [1.165, 1.54) is 25.1 Å². The van der Waals surface area contributed by atoms with Gasteiger partial charge in [-0.3, -0.25) is 0 Å². The van der Waals surface area contributed by atoms with E-state index in [-0.39, 0.29) is 11.3 Å². The molecule has 7 heteroatoms. The lowest BCUT2D eigenvalue weighted by Crippen LogP contribution is -2.33. The second kappa shape index (κ2) is 5.88. The number of hydrogen-bond acceptors (Lipinski definition) is 2. The number of benzene rings is 1. The van der Waals surface area contributed by atoms with E-state index in [1.807, 2.05) is 0 Å². The van der Waals surface area contributed by atoms with E-state index >= 15 is 0 Å². The number of hydrogen-bond donors (Lipinski definition) is 1. The Balaban J connectivity index is 2.85. The van der Waals surface area contributed by atoms with Gasteiger partial charge >= 0.3 is 12.3 Å². The first-order valence-corrected chi connectivity index (χ1v) is 5.79. The summed E-state index contributed by atoms with van der Waals surface area (Å²) < 4.78 is 54.6. The Morgan fingerprint density at radius 3 is 2.50 bits per heavy atom. The van der Waals surface area contributed by atoms with Gasteiger partial charge in [0, 0.05) is 10.0 Å². The van der Waals surface area contributed by atoms with E-state index in [2.05, 4.69) is 20.7 Å². The van der Waals surface area contributed by atoms with E-state index < -0.39 is 25.1 Å². The summed E-state index contributed by atoms with van der Waals surface area (Å²) in [7, 11) is 0. The molecule has 0 spiro atoms. The zero-order chi connectivity index (χ0) is 13.9. The van der Waals surface area contributed by atoms with Crippen LogP contribution < -0.4 is 4.74 Å². The summed E-state index contributed by atoms with van der Waals surface area (Å²) >= 11 is 3.14. The van der Waals surface area contributed by atoms with Crippen LogP contribution in [0.3, 0.4) is 0 Å². The highest BCUT2D eigenvalue weighted by atomic mass is 79.9. The highest BCUT2D eigenvalue weighted by Crippen LogP contribution is 2.30. The molecule has 1 rings (SSSR count). The lowest BCUT2D eigenvalue weighted by atomic mass is 10.1. The Morgan fingerprint density at radius 2 is 2.00 bits per heavy atom. The predicted molar refractivity (Wildman–Crippen MR) is 61.2 cm³/mol. The smallest absolute Gasteiger partial charge is 0.340 e. The van der Waals surface area contributed by atoms with Crippen molar-refractivity contribution in [3.8, 4) is 5.75 Å². The number of halogens is 5. The fourth-order valence-electron chi connectivity index (χ4n) is 1.21. The molecular formula is C11H11BrF4O2. The highest BCUT2D eigenvalue weighted by Gasteiger charge is 2.41. The molecule has 18 heavy (non-hydrogen) atoms. The van der Waals surface area contributed by atoms with Gasteiger partial charge in [-0.1, -0.05) is 15.9 Å². The van der Waals surface area contributed by atoms with Crippen LogP contribution in [0.25, 0.3) is 0 Å². The number of rotatable bonds is 5. The standard InChI is InChI=1S/C11H11BrF4O2/c1-6(17)8-4-7(12)2-3-9(8)18-5-11(15,16)10(13)14/h2-4,6,10,17H,5H2,1H3/t6-/m1/s1.